The van der Waals surface area contributed by atoms with Crippen molar-refractivity contribution >= 4 is 11.4 Å². The molecule has 0 bridgehead atoms. The summed E-state index contributed by atoms with van der Waals surface area (Å²) in [6.07, 6.45) is 1.22. The van der Waals surface area contributed by atoms with Crippen molar-refractivity contribution in [1.82, 2.24) is 0 Å². The molecule has 6 heteroatoms. The number of hydrogen-bond donors (Lipinski definition) is 0. The first-order valence-electron chi connectivity index (χ1n) is 8.87. The third-order valence-corrected chi connectivity index (χ3v) is 4.96. The molecule has 3 aromatic carbocycles. The van der Waals surface area contributed by atoms with Gasteiger partial charge in [-0.15, -0.1) is 0 Å². The fourth-order valence-corrected chi connectivity index (χ4v) is 3.71. The second-order valence-corrected chi connectivity index (χ2v) is 6.62. The van der Waals surface area contributed by atoms with Crippen LogP contribution in [0.3, 0.4) is 0 Å². The number of anilines is 2. The van der Waals surface area contributed by atoms with Crippen LogP contribution in [0.1, 0.15) is 12.0 Å². The van der Waals surface area contributed by atoms with Gasteiger partial charge in [0.1, 0.15) is 34.7 Å². The van der Waals surface area contributed by atoms with E-state index in [0.29, 0.717) is 36.4 Å². The zero-order valence-corrected chi connectivity index (χ0v) is 15.1. The Hall–Kier alpha value is -3.02. The van der Waals surface area contributed by atoms with Crippen molar-refractivity contribution in [3.63, 3.8) is 0 Å². The molecular formula is C22H17F4NO. The third-order valence-electron chi connectivity index (χ3n) is 4.96. The fraction of sp³-hybridized carbons (Fsp3) is 0.182. The Labute approximate surface area is 160 Å². The first-order chi connectivity index (χ1) is 13.5. The van der Waals surface area contributed by atoms with Crippen LogP contribution in [-0.4, -0.2) is 13.7 Å². The Balaban J connectivity index is 1.95. The molecule has 2 nitrogen and oxygen atoms in total. The predicted molar refractivity (Wildman–Crippen MR) is 100 cm³/mol. The molecule has 3 aromatic rings. The van der Waals surface area contributed by atoms with Gasteiger partial charge in [0.2, 0.25) is 0 Å². The number of rotatable bonds is 3. The largest absolute Gasteiger partial charge is 0.497 e. The summed E-state index contributed by atoms with van der Waals surface area (Å²) in [5, 5.41) is 0. The van der Waals surface area contributed by atoms with E-state index in [-0.39, 0.29) is 11.3 Å². The third kappa shape index (κ3) is 3.09. The maximum atomic E-state index is 14.5. The van der Waals surface area contributed by atoms with Crippen LogP contribution < -0.4 is 9.64 Å². The van der Waals surface area contributed by atoms with Crippen molar-refractivity contribution in [3.8, 4) is 16.9 Å². The number of ether oxygens (including phenoxy) is 1. The number of halogens is 4. The molecule has 28 heavy (non-hydrogen) atoms. The molecule has 0 aromatic heterocycles. The zero-order valence-electron chi connectivity index (χ0n) is 15.1. The summed E-state index contributed by atoms with van der Waals surface area (Å²) in [5.41, 5.74) is 1.87. The van der Waals surface area contributed by atoms with Crippen molar-refractivity contribution in [2.24, 2.45) is 0 Å². The number of benzene rings is 3. The second-order valence-electron chi connectivity index (χ2n) is 6.62. The van der Waals surface area contributed by atoms with Crippen molar-refractivity contribution in [2.75, 3.05) is 18.6 Å². The minimum Gasteiger partial charge on any atom is -0.497 e. The number of hydrogen-bond acceptors (Lipinski definition) is 2. The van der Waals surface area contributed by atoms with Gasteiger partial charge in [0.05, 0.1) is 7.11 Å². The van der Waals surface area contributed by atoms with Gasteiger partial charge in [-0.05, 0) is 54.3 Å². The van der Waals surface area contributed by atoms with E-state index in [1.165, 1.54) is 37.4 Å². The van der Waals surface area contributed by atoms with Gasteiger partial charge in [0.15, 0.2) is 0 Å². The Bertz CT molecular complexity index is 1030. The normalized spacial score (nSPS) is 13.4. The molecule has 0 amide bonds. The number of para-hydroxylation sites is 1. The van der Waals surface area contributed by atoms with Gasteiger partial charge < -0.3 is 9.64 Å². The second kappa shape index (κ2) is 7.19. The number of methoxy groups -OCH3 is 1. The van der Waals surface area contributed by atoms with Gasteiger partial charge in [-0.1, -0.05) is 6.07 Å². The molecule has 0 unspecified atom stereocenters. The Morgan fingerprint density at radius 3 is 2.29 bits per heavy atom. The highest BCUT2D eigenvalue weighted by Crippen LogP contribution is 2.43. The first-order valence-corrected chi connectivity index (χ1v) is 8.87. The van der Waals surface area contributed by atoms with E-state index < -0.39 is 23.3 Å². The summed E-state index contributed by atoms with van der Waals surface area (Å²) in [7, 11) is 1.46. The van der Waals surface area contributed by atoms with E-state index in [4.69, 9.17) is 4.74 Å². The molecule has 0 spiro atoms. The molecule has 0 aliphatic carbocycles. The van der Waals surface area contributed by atoms with Crippen molar-refractivity contribution in [2.45, 2.75) is 12.8 Å². The summed E-state index contributed by atoms with van der Waals surface area (Å²) >= 11 is 0. The molecule has 1 heterocycles. The molecule has 0 atom stereocenters. The van der Waals surface area contributed by atoms with E-state index in [1.54, 1.807) is 17.0 Å². The van der Waals surface area contributed by atoms with Crippen molar-refractivity contribution in [3.05, 3.63) is 77.4 Å². The van der Waals surface area contributed by atoms with Gasteiger partial charge in [0, 0.05) is 29.9 Å². The van der Waals surface area contributed by atoms with Crippen molar-refractivity contribution in [1.29, 1.82) is 0 Å². The SMILES string of the molecule is COc1cc(-c2ccc(F)cc2F)c2c(c1)N(c1c(F)cccc1F)CCC2. The van der Waals surface area contributed by atoms with Crippen molar-refractivity contribution < 1.29 is 22.3 Å². The van der Waals surface area contributed by atoms with Gasteiger partial charge >= 0.3 is 0 Å². The van der Waals surface area contributed by atoms with E-state index in [2.05, 4.69) is 0 Å². The molecule has 0 radical (unpaired) electrons. The topological polar surface area (TPSA) is 12.5 Å². The summed E-state index contributed by atoms with van der Waals surface area (Å²) in [4.78, 5) is 1.55. The lowest BCUT2D eigenvalue weighted by molar-refractivity contribution is 0.414. The molecule has 1 aliphatic rings. The Morgan fingerprint density at radius 2 is 1.61 bits per heavy atom. The van der Waals surface area contributed by atoms with Gasteiger partial charge in [-0.25, -0.2) is 17.6 Å². The first kappa shape index (κ1) is 18.3. The van der Waals surface area contributed by atoms with E-state index >= 15 is 0 Å². The monoisotopic (exact) mass is 387 g/mol. The summed E-state index contributed by atoms with van der Waals surface area (Å²) in [5.74, 6) is -2.31. The maximum Gasteiger partial charge on any atom is 0.149 e. The minimum absolute atomic E-state index is 0.151. The molecule has 144 valence electrons. The highest BCUT2D eigenvalue weighted by Gasteiger charge is 2.27. The van der Waals surface area contributed by atoms with E-state index in [1.807, 2.05) is 0 Å². The van der Waals surface area contributed by atoms with Crippen LogP contribution >= 0.6 is 0 Å². The summed E-state index contributed by atoms with van der Waals surface area (Å²) in [6.45, 7) is 0.406. The van der Waals surface area contributed by atoms with Crippen LogP contribution in [0, 0.1) is 23.3 Å². The molecular weight excluding hydrogens is 370 g/mol. The van der Waals surface area contributed by atoms with Crippen LogP contribution in [0.2, 0.25) is 0 Å². The van der Waals surface area contributed by atoms with E-state index in [0.717, 1.165) is 11.6 Å². The smallest absolute Gasteiger partial charge is 0.149 e. The van der Waals surface area contributed by atoms with Gasteiger partial charge in [-0.2, -0.15) is 0 Å². The summed E-state index contributed by atoms with van der Waals surface area (Å²) in [6, 6.07) is 10.4. The predicted octanol–water partition coefficient (Wildman–Crippen LogP) is 6.00. The Morgan fingerprint density at radius 1 is 0.857 bits per heavy atom. The van der Waals surface area contributed by atoms with Crippen LogP contribution in [0.15, 0.2) is 48.5 Å². The number of nitrogens with zero attached hydrogens (tertiary/aromatic N) is 1. The number of fused-ring (bicyclic) bond motifs is 1. The van der Waals surface area contributed by atoms with Crippen LogP contribution in [0.5, 0.6) is 5.75 Å². The molecule has 0 N–H and O–H groups in total. The Kier molecular flexibility index (Phi) is 4.71. The molecule has 1 aliphatic heterocycles. The lowest BCUT2D eigenvalue weighted by atomic mass is 9.91. The van der Waals surface area contributed by atoms with Gasteiger partial charge in [0.25, 0.3) is 0 Å². The highest BCUT2D eigenvalue weighted by atomic mass is 19.1. The molecule has 4 rings (SSSR count). The molecule has 0 saturated heterocycles. The van der Waals surface area contributed by atoms with Crippen LogP contribution in [-0.2, 0) is 6.42 Å². The van der Waals surface area contributed by atoms with Crippen LogP contribution in [0.25, 0.3) is 11.1 Å². The van der Waals surface area contributed by atoms with Gasteiger partial charge in [-0.3, -0.25) is 0 Å². The highest BCUT2D eigenvalue weighted by molar-refractivity contribution is 5.81. The zero-order chi connectivity index (χ0) is 19.8. The average Bonchev–Trinajstić information content (AvgIpc) is 2.67. The standard InChI is InChI=1S/C22H17F4NO/c1-28-14-11-17(15-8-7-13(23)10-20(15)26)16-4-3-9-27(21(16)12-14)22-18(24)5-2-6-19(22)25/h2,5-8,10-12H,3-4,9H2,1H3. The lowest BCUT2D eigenvalue weighted by Gasteiger charge is -2.33. The quantitative estimate of drug-likeness (QED) is 0.511. The lowest BCUT2D eigenvalue weighted by Crippen LogP contribution is -2.27. The molecule has 0 fully saturated rings. The fourth-order valence-electron chi connectivity index (χ4n) is 3.71. The van der Waals surface area contributed by atoms with E-state index in [9.17, 15) is 17.6 Å². The minimum atomic E-state index is -0.704. The van der Waals surface area contributed by atoms with Crippen LogP contribution in [0.4, 0.5) is 28.9 Å². The maximum absolute atomic E-state index is 14.5. The summed E-state index contributed by atoms with van der Waals surface area (Å²) < 4.78 is 62.0. The molecule has 0 saturated carbocycles. The average molecular weight is 387 g/mol.